The van der Waals surface area contributed by atoms with E-state index in [0.29, 0.717) is 6.04 Å². The molecule has 0 aromatic heterocycles. The summed E-state index contributed by atoms with van der Waals surface area (Å²) in [5, 5.41) is 11.4. The van der Waals surface area contributed by atoms with E-state index in [2.05, 4.69) is 20.8 Å². The molecule has 12 heavy (non-hydrogen) atoms. The van der Waals surface area contributed by atoms with E-state index >= 15 is 0 Å². The molecule has 0 aromatic carbocycles. The van der Waals surface area contributed by atoms with Gasteiger partial charge in [0.25, 0.3) is 0 Å². The van der Waals surface area contributed by atoms with Crippen LogP contribution in [0.25, 0.3) is 0 Å². The molecule has 1 saturated heterocycles. The van der Waals surface area contributed by atoms with Crippen molar-refractivity contribution in [1.29, 1.82) is 0 Å². The molecule has 2 heteroatoms. The Kier molecular flexibility index (Phi) is 3.13. The van der Waals surface area contributed by atoms with Crippen LogP contribution in [0.5, 0.6) is 0 Å². The van der Waals surface area contributed by atoms with Gasteiger partial charge < -0.3 is 5.21 Å². The first-order valence-electron chi connectivity index (χ1n) is 5.08. The zero-order valence-electron chi connectivity index (χ0n) is 8.51. The van der Waals surface area contributed by atoms with Gasteiger partial charge in [-0.3, -0.25) is 0 Å². The second kappa shape index (κ2) is 3.75. The second-order valence-corrected chi connectivity index (χ2v) is 4.33. The highest BCUT2D eigenvalue weighted by molar-refractivity contribution is 4.88. The molecular weight excluding hydrogens is 150 g/mol. The molecule has 1 aliphatic rings. The molecule has 72 valence electrons. The smallest absolute Gasteiger partial charge is 0.0435 e. The van der Waals surface area contributed by atoms with Crippen LogP contribution in [0.2, 0.25) is 0 Å². The first kappa shape index (κ1) is 10.0. The third-order valence-corrected chi connectivity index (χ3v) is 3.10. The standard InChI is InChI=1S/C10H21NO/c1-4-7-10(3)8-5-6-9(2)11(10)12/h9,12H,4-8H2,1-3H3. The molecule has 2 unspecified atom stereocenters. The molecular formula is C10H21NO. The van der Waals surface area contributed by atoms with Gasteiger partial charge in [-0.2, -0.15) is 5.06 Å². The van der Waals surface area contributed by atoms with Crippen molar-refractivity contribution in [2.45, 2.75) is 64.5 Å². The lowest BCUT2D eigenvalue weighted by Crippen LogP contribution is -2.51. The van der Waals surface area contributed by atoms with Crippen molar-refractivity contribution < 1.29 is 5.21 Å². The average molecular weight is 171 g/mol. The number of nitrogens with zero attached hydrogens (tertiary/aromatic N) is 1. The van der Waals surface area contributed by atoms with Crippen LogP contribution in [-0.2, 0) is 0 Å². The summed E-state index contributed by atoms with van der Waals surface area (Å²) in [6.07, 6.45) is 5.79. The van der Waals surface area contributed by atoms with Gasteiger partial charge in [0.15, 0.2) is 0 Å². The van der Waals surface area contributed by atoms with Gasteiger partial charge in [-0.05, 0) is 39.5 Å². The van der Waals surface area contributed by atoms with Crippen molar-refractivity contribution in [2.75, 3.05) is 0 Å². The Morgan fingerprint density at radius 3 is 2.83 bits per heavy atom. The van der Waals surface area contributed by atoms with Crippen LogP contribution in [0, 0.1) is 0 Å². The van der Waals surface area contributed by atoms with Gasteiger partial charge in [-0.1, -0.05) is 13.3 Å². The largest absolute Gasteiger partial charge is 0.313 e. The first-order valence-corrected chi connectivity index (χ1v) is 5.08. The second-order valence-electron chi connectivity index (χ2n) is 4.33. The maximum Gasteiger partial charge on any atom is 0.0435 e. The van der Waals surface area contributed by atoms with E-state index in [1.807, 2.05) is 0 Å². The normalized spacial score (nSPS) is 38.5. The highest BCUT2D eigenvalue weighted by Crippen LogP contribution is 2.33. The van der Waals surface area contributed by atoms with Crippen molar-refractivity contribution in [3.63, 3.8) is 0 Å². The van der Waals surface area contributed by atoms with Crippen LogP contribution in [0.3, 0.4) is 0 Å². The highest BCUT2D eigenvalue weighted by Gasteiger charge is 2.36. The molecule has 2 atom stereocenters. The fraction of sp³-hybridized carbons (Fsp3) is 1.00. The minimum Gasteiger partial charge on any atom is -0.313 e. The Morgan fingerprint density at radius 2 is 2.25 bits per heavy atom. The van der Waals surface area contributed by atoms with Gasteiger partial charge in [0.2, 0.25) is 0 Å². The zero-order chi connectivity index (χ0) is 9.19. The number of rotatable bonds is 2. The third kappa shape index (κ3) is 1.80. The Labute approximate surface area is 75.5 Å². The topological polar surface area (TPSA) is 23.5 Å². The van der Waals surface area contributed by atoms with E-state index in [-0.39, 0.29) is 5.54 Å². The predicted octanol–water partition coefficient (Wildman–Crippen LogP) is 2.81. The molecule has 1 rings (SSSR count). The Morgan fingerprint density at radius 1 is 1.58 bits per heavy atom. The minimum absolute atomic E-state index is 0.0480. The van der Waals surface area contributed by atoms with Gasteiger partial charge in [0.05, 0.1) is 0 Å². The van der Waals surface area contributed by atoms with Crippen molar-refractivity contribution in [3.8, 4) is 0 Å². The van der Waals surface area contributed by atoms with Crippen LogP contribution in [0.4, 0.5) is 0 Å². The minimum atomic E-state index is 0.0480. The van der Waals surface area contributed by atoms with Crippen molar-refractivity contribution in [2.24, 2.45) is 0 Å². The van der Waals surface area contributed by atoms with Gasteiger partial charge in [-0.25, -0.2) is 0 Å². The average Bonchev–Trinajstić information content (AvgIpc) is 2.01. The lowest BCUT2D eigenvalue weighted by Gasteiger charge is -2.44. The first-order chi connectivity index (χ1) is 5.60. The summed E-state index contributed by atoms with van der Waals surface area (Å²) in [5.74, 6) is 0. The van der Waals surface area contributed by atoms with Crippen molar-refractivity contribution >= 4 is 0 Å². The lowest BCUT2D eigenvalue weighted by molar-refractivity contribution is -0.214. The number of piperidine rings is 1. The van der Waals surface area contributed by atoms with Crippen LogP contribution in [0.15, 0.2) is 0 Å². The zero-order valence-corrected chi connectivity index (χ0v) is 8.51. The van der Waals surface area contributed by atoms with Crippen LogP contribution < -0.4 is 0 Å². The van der Waals surface area contributed by atoms with Gasteiger partial charge in [0, 0.05) is 11.6 Å². The molecule has 0 amide bonds. The van der Waals surface area contributed by atoms with E-state index in [0.717, 1.165) is 25.7 Å². The Hall–Kier alpha value is -0.0800. The molecule has 1 fully saturated rings. The van der Waals surface area contributed by atoms with Gasteiger partial charge in [0.1, 0.15) is 0 Å². The fourth-order valence-corrected chi connectivity index (χ4v) is 2.33. The monoisotopic (exact) mass is 171 g/mol. The Balaban J connectivity index is 2.60. The molecule has 0 bridgehead atoms. The molecule has 1 heterocycles. The predicted molar refractivity (Wildman–Crippen MR) is 50.3 cm³/mol. The van der Waals surface area contributed by atoms with E-state index in [4.69, 9.17) is 0 Å². The summed E-state index contributed by atoms with van der Waals surface area (Å²) >= 11 is 0. The van der Waals surface area contributed by atoms with E-state index in [9.17, 15) is 5.21 Å². The molecule has 1 N–H and O–H groups in total. The van der Waals surface area contributed by atoms with Crippen molar-refractivity contribution in [1.82, 2.24) is 5.06 Å². The third-order valence-electron chi connectivity index (χ3n) is 3.10. The van der Waals surface area contributed by atoms with E-state index in [1.54, 1.807) is 5.06 Å². The summed E-state index contributed by atoms with van der Waals surface area (Å²) in [6.45, 7) is 6.46. The van der Waals surface area contributed by atoms with Gasteiger partial charge >= 0.3 is 0 Å². The molecule has 0 aliphatic carbocycles. The molecule has 0 aromatic rings. The maximum atomic E-state index is 9.86. The number of hydrogen-bond donors (Lipinski definition) is 1. The summed E-state index contributed by atoms with van der Waals surface area (Å²) in [4.78, 5) is 0. The summed E-state index contributed by atoms with van der Waals surface area (Å²) in [7, 11) is 0. The molecule has 0 radical (unpaired) electrons. The molecule has 0 spiro atoms. The molecule has 0 saturated carbocycles. The van der Waals surface area contributed by atoms with E-state index < -0.39 is 0 Å². The van der Waals surface area contributed by atoms with Crippen LogP contribution in [-0.4, -0.2) is 21.9 Å². The maximum absolute atomic E-state index is 9.86. The van der Waals surface area contributed by atoms with Crippen LogP contribution >= 0.6 is 0 Å². The summed E-state index contributed by atoms with van der Waals surface area (Å²) in [6, 6.07) is 0.343. The number of hydrogen-bond acceptors (Lipinski definition) is 2. The van der Waals surface area contributed by atoms with Crippen LogP contribution in [0.1, 0.15) is 52.9 Å². The lowest BCUT2D eigenvalue weighted by atomic mass is 9.84. The molecule has 2 nitrogen and oxygen atoms in total. The van der Waals surface area contributed by atoms with Gasteiger partial charge in [-0.15, -0.1) is 0 Å². The Bertz CT molecular complexity index is 145. The highest BCUT2D eigenvalue weighted by atomic mass is 16.5. The quantitative estimate of drug-likeness (QED) is 0.690. The number of hydroxylamine groups is 2. The molecule has 1 aliphatic heterocycles. The SMILES string of the molecule is CCCC1(C)CCCC(C)N1O. The van der Waals surface area contributed by atoms with E-state index in [1.165, 1.54) is 6.42 Å². The summed E-state index contributed by atoms with van der Waals surface area (Å²) < 4.78 is 0. The fourth-order valence-electron chi connectivity index (χ4n) is 2.33. The summed E-state index contributed by atoms with van der Waals surface area (Å²) in [5.41, 5.74) is 0.0480. The van der Waals surface area contributed by atoms with Crippen molar-refractivity contribution in [3.05, 3.63) is 0 Å².